The van der Waals surface area contributed by atoms with Crippen molar-refractivity contribution in [1.82, 2.24) is 0 Å². The number of hydrogen-bond donors (Lipinski definition) is 1. The van der Waals surface area contributed by atoms with Crippen LogP contribution < -0.4 is 0 Å². The Morgan fingerprint density at radius 2 is 1.19 bits per heavy atom. The summed E-state index contributed by atoms with van der Waals surface area (Å²) in [6.07, 6.45) is 18.2. The summed E-state index contributed by atoms with van der Waals surface area (Å²) in [5.74, 6) is 0.459. The third-order valence-corrected chi connectivity index (χ3v) is 7.09. The average Bonchev–Trinajstić information content (AvgIpc) is 2.80. The summed E-state index contributed by atoms with van der Waals surface area (Å²) in [7, 11) is 0. The van der Waals surface area contributed by atoms with Crippen LogP contribution >= 0.6 is 0 Å². The number of phenols is 1. The topological polar surface area (TPSA) is 20.2 Å². The van der Waals surface area contributed by atoms with Crippen molar-refractivity contribution >= 4 is 0 Å². The van der Waals surface area contributed by atoms with Gasteiger partial charge in [0.2, 0.25) is 0 Å². The lowest BCUT2D eigenvalue weighted by molar-refractivity contribution is 0.449. The van der Waals surface area contributed by atoms with Crippen LogP contribution in [0.25, 0.3) is 0 Å². The van der Waals surface area contributed by atoms with Gasteiger partial charge in [0.25, 0.3) is 0 Å². The molecule has 0 radical (unpaired) electrons. The Labute approximate surface area is 198 Å². The lowest BCUT2D eigenvalue weighted by atomic mass is 9.73. The Balaban J connectivity index is 2.06. The van der Waals surface area contributed by atoms with Crippen LogP contribution in [0.3, 0.4) is 0 Å². The Kier molecular flexibility index (Phi) is 11.9. The van der Waals surface area contributed by atoms with Crippen LogP contribution in [0.1, 0.15) is 127 Å². The fraction of sp³-hybridized carbons (Fsp3) is 0.613. The van der Waals surface area contributed by atoms with Crippen LogP contribution in [-0.4, -0.2) is 5.11 Å². The van der Waals surface area contributed by atoms with Crippen molar-refractivity contribution in [2.45, 2.75) is 123 Å². The summed E-state index contributed by atoms with van der Waals surface area (Å²) >= 11 is 0. The molecule has 2 rings (SSSR count). The zero-order valence-corrected chi connectivity index (χ0v) is 21.4. The highest BCUT2D eigenvalue weighted by molar-refractivity contribution is 5.53. The number of rotatable bonds is 16. The van der Waals surface area contributed by atoms with Gasteiger partial charge in [-0.15, -0.1) is 0 Å². The highest BCUT2D eigenvalue weighted by Gasteiger charge is 2.29. The third-order valence-electron chi connectivity index (χ3n) is 7.09. The molecule has 0 amide bonds. The first-order chi connectivity index (χ1) is 15.5. The van der Waals surface area contributed by atoms with E-state index < -0.39 is 0 Å². The first-order valence-corrected chi connectivity index (χ1v) is 13.4. The van der Waals surface area contributed by atoms with Gasteiger partial charge < -0.3 is 5.11 Å². The molecule has 2 aromatic rings. The molecule has 0 atom stereocenters. The van der Waals surface area contributed by atoms with E-state index in [0.29, 0.717) is 5.75 Å². The van der Waals surface area contributed by atoms with Gasteiger partial charge in [0, 0.05) is 11.0 Å². The predicted molar refractivity (Wildman–Crippen MR) is 141 cm³/mol. The molecule has 0 aliphatic rings. The fourth-order valence-corrected chi connectivity index (χ4v) is 5.05. The molecule has 0 saturated heterocycles. The lowest BCUT2D eigenvalue weighted by Crippen LogP contribution is -2.22. The second kappa shape index (κ2) is 14.4. The Hall–Kier alpha value is -1.76. The highest BCUT2D eigenvalue weighted by atomic mass is 16.3. The van der Waals surface area contributed by atoms with Gasteiger partial charge in [-0.25, -0.2) is 0 Å². The SMILES string of the molecule is CCCCCCCCCCCCc1c(CCCC)ccc(O)c1C(C)(C)c1ccccc1. The first-order valence-electron chi connectivity index (χ1n) is 13.4. The summed E-state index contributed by atoms with van der Waals surface area (Å²) in [6, 6.07) is 14.8. The standard InChI is InChI=1S/C31H48O/c1-5-7-9-10-11-12-13-14-15-19-23-28-26(20-8-6-2)24-25-29(32)30(28)31(3,4)27-21-17-16-18-22-27/h16-18,21-22,24-25,32H,5-15,19-20,23H2,1-4H3. The molecule has 0 aromatic heterocycles. The van der Waals surface area contributed by atoms with Crippen LogP contribution in [-0.2, 0) is 18.3 Å². The second-order valence-corrected chi connectivity index (χ2v) is 10.1. The molecule has 1 nitrogen and oxygen atoms in total. The van der Waals surface area contributed by atoms with Crippen molar-refractivity contribution in [2.75, 3.05) is 0 Å². The highest BCUT2D eigenvalue weighted by Crippen LogP contribution is 2.41. The Morgan fingerprint density at radius 3 is 1.78 bits per heavy atom. The normalized spacial score (nSPS) is 11.8. The van der Waals surface area contributed by atoms with E-state index in [-0.39, 0.29) is 5.41 Å². The lowest BCUT2D eigenvalue weighted by Gasteiger charge is -2.31. The number of phenolic OH excluding ortho intramolecular Hbond substituents is 1. The molecule has 1 N–H and O–H groups in total. The van der Waals surface area contributed by atoms with Crippen LogP contribution in [0, 0.1) is 0 Å². The molecule has 0 heterocycles. The maximum atomic E-state index is 11.0. The molecular formula is C31H48O. The fourth-order valence-electron chi connectivity index (χ4n) is 5.05. The zero-order chi connectivity index (χ0) is 23.2. The van der Waals surface area contributed by atoms with Gasteiger partial charge in [0.15, 0.2) is 0 Å². The van der Waals surface area contributed by atoms with Crippen LogP contribution in [0.5, 0.6) is 5.75 Å². The van der Waals surface area contributed by atoms with Crippen molar-refractivity contribution in [1.29, 1.82) is 0 Å². The molecule has 0 aliphatic heterocycles. The number of aromatic hydroxyl groups is 1. The van der Waals surface area contributed by atoms with Gasteiger partial charge in [-0.3, -0.25) is 0 Å². The molecule has 0 spiro atoms. The molecule has 178 valence electrons. The van der Waals surface area contributed by atoms with E-state index in [9.17, 15) is 5.11 Å². The van der Waals surface area contributed by atoms with Gasteiger partial charge in [-0.1, -0.05) is 128 Å². The molecule has 32 heavy (non-hydrogen) atoms. The van der Waals surface area contributed by atoms with Crippen molar-refractivity contribution in [3.05, 3.63) is 64.7 Å². The number of aryl methyl sites for hydroxylation is 1. The van der Waals surface area contributed by atoms with Crippen molar-refractivity contribution in [3.8, 4) is 5.75 Å². The Morgan fingerprint density at radius 1 is 0.625 bits per heavy atom. The zero-order valence-electron chi connectivity index (χ0n) is 21.4. The molecule has 2 aromatic carbocycles. The van der Waals surface area contributed by atoms with E-state index in [0.717, 1.165) is 18.4 Å². The Bertz CT molecular complexity index is 760. The van der Waals surface area contributed by atoms with E-state index in [1.165, 1.54) is 93.7 Å². The molecule has 0 bridgehead atoms. The quantitative estimate of drug-likeness (QED) is 0.260. The number of benzene rings is 2. The van der Waals surface area contributed by atoms with Crippen molar-refractivity contribution in [2.24, 2.45) is 0 Å². The molecule has 0 fully saturated rings. The van der Waals surface area contributed by atoms with E-state index >= 15 is 0 Å². The van der Waals surface area contributed by atoms with E-state index in [1.807, 2.05) is 6.07 Å². The van der Waals surface area contributed by atoms with Crippen LogP contribution in [0.4, 0.5) is 0 Å². The number of hydrogen-bond acceptors (Lipinski definition) is 1. The predicted octanol–water partition coefficient (Wildman–Crippen LogP) is 9.52. The maximum Gasteiger partial charge on any atom is 0.119 e. The molecule has 0 saturated carbocycles. The van der Waals surface area contributed by atoms with Gasteiger partial charge in [-0.2, -0.15) is 0 Å². The monoisotopic (exact) mass is 436 g/mol. The van der Waals surface area contributed by atoms with E-state index in [2.05, 4.69) is 64.1 Å². The summed E-state index contributed by atoms with van der Waals surface area (Å²) in [5.41, 5.74) is 5.06. The first kappa shape index (κ1) is 26.5. The molecular weight excluding hydrogens is 388 g/mol. The van der Waals surface area contributed by atoms with Gasteiger partial charge in [0.05, 0.1) is 0 Å². The smallest absolute Gasteiger partial charge is 0.119 e. The van der Waals surface area contributed by atoms with Crippen molar-refractivity contribution < 1.29 is 5.11 Å². The minimum atomic E-state index is -0.207. The van der Waals surface area contributed by atoms with E-state index in [4.69, 9.17) is 0 Å². The largest absolute Gasteiger partial charge is 0.508 e. The van der Waals surface area contributed by atoms with Gasteiger partial charge >= 0.3 is 0 Å². The second-order valence-electron chi connectivity index (χ2n) is 10.1. The van der Waals surface area contributed by atoms with Crippen molar-refractivity contribution in [3.63, 3.8) is 0 Å². The minimum absolute atomic E-state index is 0.207. The third kappa shape index (κ3) is 7.98. The summed E-state index contributed by atoms with van der Waals surface area (Å²) in [5, 5.41) is 11.0. The molecule has 0 unspecified atom stereocenters. The molecule has 0 aliphatic carbocycles. The van der Waals surface area contributed by atoms with Gasteiger partial charge in [0.1, 0.15) is 5.75 Å². The summed E-state index contributed by atoms with van der Waals surface area (Å²) in [4.78, 5) is 0. The van der Waals surface area contributed by atoms with Crippen LogP contribution in [0.15, 0.2) is 42.5 Å². The summed E-state index contributed by atoms with van der Waals surface area (Å²) < 4.78 is 0. The van der Waals surface area contributed by atoms with E-state index in [1.54, 1.807) is 0 Å². The maximum absolute atomic E-state index is 11.0. The molecule has 1 heteroatoms. The van der Waals surface area contributed by atoms with Gasteiger partial charge in [-0.05, 0) is 48.4 Å². The average molecular weight is 437 g/mol. The number of unbranched alkanes of at least 4 members (excludes halogenated alkanes) is 10. The summed E-state index contributed by atoms with van der Waals surface area (Å²) in [6.45, 7) is 9.08. The minimum Gasteiger partial charge on any atom is -0.508 e. The van der Waals surface area contributed by atoms with Crippen LogP contribution in [0.2, 0.25) is 0 Å².